The number of rotatable bonds is 7. The van der Waals surface area contributed by atoms with Gasteiger partial charge in [-0.3, -0.25) is 9.59 Å². The van der Waals surface area contributed by atoms with Crippen molar-refractivity contribution in [1.82, 2.24) is 5.32 Å². The lowest BCUT2D eigenvalue weighted by atomic mass is 10.0. The van der Waals surface area contributed by atoms with Crippen molar-refractivity contribution in [3.63, 3.8) is 0 Å². The lowest BCUT2D eigenvalue weighted by Gasteiger charge is -2.20. The number of amides is 2. The van der Waals surface area contributed by atoms with Gasteiger partial charge >= 0.3 is 11.9 Å². The van der Waals surface area contributed by atoms with E-state index in [1.165, 1.54) is 20.1 Å². The maximum absolute atomic E-state index is 12.7. The van der Waals surface area contributed by atoms with E-state index in [1.807, 2.05) is 0 Å². The molecule has 170 valence electrons. The van der Waals surface area contributed by atoms with Crippen LogP contribution in [0.3, 0.4) is 0 Å². The second-order valence-corrected chi connectivity index (χ2v) is 8.21. The summed E-state index contributed by atoms with van der Waals surface area (Å²) in [6.07, 6.45) is 0.165. The van der Waals surface area contributed by atoms with Crippen molar-refractivity contribution in [3.8, 4) is 0 Å². The molecule has 0 aliphatic carbocycles. The molecule has 0 saturated carbocycles. The number of carbonyl (C=O) groups is 4. The van der Waals surface area contributed by atoms with Crippen LogP contribution in [-0.2, 0) is 25.5 Å². The molecule has 2 aromatic rings. The van der Waals surface area contributed by atoms with Gasteiger partial charge in [0.05, 0.1) is 12.7 Å². The number of hydrogen-bond acceptors (Lipinski definition) is 6. The SMILES string of the molecule is COC(=O)[C@H](Cc1ccc(C(=O)OC(C)(C)C)cc1)NC(=O)c1cccc(NC(C)=O)c1. The zero-order chi connectivity index (χ0) is 23.9. The molecule has 0 aliphatic heterocycles. The van der Waals surface area contributed by atoms with Crippen LogP contribution in [0.25, 0.3) is 0 Å². The van der Waals surface area contributed by atoms with Crippen LogP contribution < -0.4 is 10.6 Å². The quantitative estimate of drug-likeness (QED) is 0.640. The number of hydrogen-bond donors (Lipinski definition) is 2. The molecule has 8 heteroatoms. The Hall–Kier alpha value is -3.68. The third-order valence-electron chi connectivity index (χ3n) is 4.26. The summed E-state index contributed by atoms with van der Waals surface area (Å²) in [6, 6.07) is 12.0. The van der Waals surface area contributed by atoms with Crippen molar-refractivity contribution in [2.45, 2.75) is 45.8 Å². The van der Waals surface area contributed by atoms with Crippen LogP contribution in [0, 0.1) is 0 Å². The summed E-state index contributed by atoms with van der Waals surface area (Å²) in [4.78, 5) is 48.3. The molecule has 0 fully saturated rings. The molecule has 0 saturated heterocycles. The zero-order valence-corrected chi connectivity index (χ0v) is 18.9. The van der Waals surface area contributed by atoms with Gasteiger partial charge in [0, 0.05) is 24.6 Å². The van der Waals surface area contributed by atoms with E-state index in [1.54, 1.807) is 63.2 Å². The van der Waals surface area contributed by atoms with Crippen molar-refractivity contribution in [2.24, 2.45) is 0 Å². The van der Waals surface area contributed by atoms with Crippen LogP contribution in [0.1, 0.15) is 54.0 Å². The van der Waals surface area contributed by atoms with Gasteiger partial charge < -0.3 is 20.1 Å². The predicted octanol–water partition coefficient (Wildman–Crippen LogP) is 3.11. The summed E-state index contributed by atoms with van der Waals surface area (Å²) in [6.45, 7) is 6.73. The average Bonchev–Trinajstić information content (AvgIpc) is 2.71. The average molecular weight is 440 g/mol. The first-order valence-electron chi connectivity index (χ1n) is 10.1. The number of carbonyl (C=O) groups excluding carboxylic acids is 4. The van der Waals surface area contributed by atoms with E-state index in [0.29, 0.717) is 11.3 Å². The zero-order valence-electron chi connectivity index (χ0n) is 18.9. The Bertz CT molecular complexity index is 992. The van der Waals surface area contributed by atoms with Crippen LogP contribution in [0.2, 0.25) is 0 Å². The Balaban J connectivity index is 2.12. The van der Waals surface area contributed by atoms with Gasteiger partial charge in [-0.15, -0.1) is 0 Å². The van der Waals surface area contributed by atoms with Gasteiger partial charge in [-0.1, -0.05) is 18.2 Å². The van der Waals surface area contributed by atoms with E-state index in [9.17, 15) is 19.2 Å². The largest absolute Gasteiger partial charge is 0.467 e. The number of ether oxygens (including phenoxy) is 2. The number of methoxy groups -OCH3 is 1. The van der Waals surface area contributed by atoms with E-state index in [-0.39, 0.29) is 17.9 Å². The molecule has 0 aliphatic rings. The molecule has 2 amide bonds. The fraction of sp³-hybridized carbons (Fsp3) is 0.333. The summed E-state index contributed by atoms with van der Waals surface area (Å²) in [5.41, 5.74) is 1.26. The third kappa shape index (κ3) is 7.54. The lowest BCUT2D eigenvalue weighted by Crippen LogP contribution is -2.43. The molecule has 2 N–H and O–H groups in total. The molecule has 0 bridgehead atoms. The van der Waals surface area contributed by atoms with Crippen molar-refractivity contribution >= 4 is 29.4 Å². The van der Waals surface area contributed by atoms with E-state index in [2.05, 4.69) is 10.6 Å². The van der Waals surface area contributed by atoms with Gasteiger partial charge in [-0.25, -0.2) is 9.59 Å². The van der Waals surface area contributed by atoms with Gasteiger partial charge in [-0.05, 0) is 56.7 Å². The summed E-state index contributed by atoms with van der Waals surface area (Å²) in [5, 5.41) is 5.27. The second-order valence-electron chi connectivity index (χ2n) is 8.21. The number of esters is 2. The molecule has 2 aromatic carbocycles. The van der Waals surface area contributed by atoms with Gasteiger partial charge in [-0.2, -0.15) is 0 Å². The molecule has 0 radical (unpaired) electrons. The molecular weight excluding hydrogens is 412 g/mol. The van der Waals surface area contributed by atoms with Crippen molar-refractivity contribution in [1.29, 1.82) is 0 Å². The highest BCUT2D eigenvalue weighted by atomic mass is 16.6. The normalized spacial score (nSPS) is 11.8. The predicted molar refractivity (Wildman–Crippen MR) is 119 cm³/mol. The van der Waals surface area contributed by atoms with Crippen molar-refractivity contribution in [2.75, 3.05) is 12.4 Å². The van der Waals surface area contributed by atoms with E-state index in [4.69, 9.17) is 9.47 Å². The topological polar surface area (TPSA) is 111 Å². The number of benzene rings is 2. The van der Waals surface area contributed by atoms with E-state index in [0.717, 1.165) is 5.56 Å². The first-order chi connectivity index (χ1) is 15.0. The molecule has 0 aromatic heterocycles. The fourth-order valence-corrected chi connectivity index (χ4v) is 2.87. The standard InChI is InChI=1S/C24H28N2O6/c1-15(27)25-19-8-6-7-18(14-19)21(28)26-20(23(30)31-5)13-16-9-11-17(12-10-16)22(29)32-24(2,3)4/h6-12,14,20H,13H2,1-5H3,(H,25,27)(H,26,28)/t20-/m0/s1. The van der Waals surface area contributed by atoms with Gasteiger partial charge in [0.2, 0.25) is 5.91 Å². The Morgan fingerprint density at radius 1 is 0.969 bits per heavy atom. The second kappa shape index (κ2) is 10.6. The fourth-order valence-electron chi connectivity index (χ4n) is 2.87. The third-order valence-corrected chi connectivity index (χ3v) is 4.26. The summed E-state index contributed by atoms with van der Waals surface area (Å²) >= 11 is 0. The van der Waals surface area contributed by atoms with Crippen molar-refractivity contribution in [3.05, 3.63) is 65.2 Å². The van der Waals surface area contributed by atoms with Gasteiger partial charge in [0.15, 0.2) is 0 Å². The highest BCUT2D eigenvalue weighted by Crippen LogP contribution is 2.15. The molecule has 0 unspecified atom stereocenters. The van der Waals surface area contributed by atoms with Crippen molar-refractivity contribution < 1.29 is 28.7 Å². The van der Waals surface area contributed by atoms with Crippen LogP contribution in [0.4, 0.5) is 5.69 Å². The van der Waals surface area contributed by atoms with Crippen LogP contribution in [-0.4, -0.2) is 42.5 Å². The van der Waals surface area contributed by atoms with Crippen LogP contribution in [0.5, 0.6) is 0 Å². The number of anilines is 1. The minimum atomic E-state index is -0.940. The number of nitrogens with one attached hydrogen (secondary N) is 2. The maximum Gasteiger partial charge on any atom is 0.338 e. The van der Waals surface area contributed by atoms with Crippen LogP contribution >= 0.6 is 0 Å². The molecule has 8 nitrogen and oxygen atoms in total. The summed E-state index contributed by atoms with van der Waals surface area (Å²) in [7, 11) is 1.24. The van der Waals surface area contributed by atoms with E-state index >= 15 is 0 Å². The van der Waals surface area contributed by atoms with Gasteiger partial charge in [0.1, 0.15) is 11.6 Å². The molecule has 0 spiro atoms. The Kier molecular flexibility index (Phi) is 8.12. The molecular formula is C24H28N2O6. The van der Waals surface area contributed by atoms with Crippen LogP contribution in [0.15, 0.2) is 48.5 Å². The smallest absolute Gasteiger partial charge is 0.338 e. The first kappa shape index (κ1) is 24.6. The highest BCUT2D eigenvalue weighted by molar-refractivity contribution is 5.98. The Labute approximate surface area is 187 Å². The molecule has 2 rings (SSSR count). The minimum absolute atomic E-state index is 0.165. The molecule has 32 heavy (non-hydrogen) atoms. The lowest BCUT2D eigenvalue weighted by molar-refractivity contribution is -0.142. The summed E-state index contributed by atoms with van der Waals surface area (Å²) < 4.78 is 10.2. The first-order valence-corrected chi connectivity index (χ1v) is 10.1. The molecule has 0 heterocycles. The van der Waals surface area contributed by atoms with E-state index < -0.39 is 29.5 Å². The monoisotopic (exact) mass is 440 g/mol. The van der Waals surface area contributed by atoms with Gasteiger partial charge in [0.25, 0.3) is 5.91 Å². The Morgan fingerprint density at radius 2 is 1.62 bits per heavy atom. The summed E-state index contributed by atoms with van der Waals surface area (Å²) in [5.74, 6) is -1.80. The molecule has 1 atom stereocenters. The maximum atomic E-state index is 12.7. The minimum Gasteiger partial charge on any atom is -0.467 e. The Morgan fingerprint density at radius 3 is 2.19 bits per heavy atom. The highest BCUT2D eigenvalue weighted by Gasteiger charge is 2.23.